The van der Waals surface area contributed by atoms with Crippen LogP contribution in [-0.4, -0.2) is 31.8 Å². The Bertz CT molecular complexity index is 709. The maximum Gasteiger partial charge on any atom is 0.320 e. The van der Waals surface area contributed by atoms with Crippen molar-refractivity contribution < 1.29 is 23.9 Å². The molecule has 148 valence electrons. The van der Waals surface area contributed by atoms with Crippen molar-refractivity contribution in [1.82, 2.24) is 0 Å². The molecule has 0 heterocycles. The molecule has 0 fully saturated rings. The lowest BCUT2D eigenvalue weighted by molar-refractivity contribution is -0.154. The second-order valence-corrected chi connectivity index (χ2v) is 7.41. The van der Waals surface area contributed by atoms with Gasteiger partial charge in [0.15, 0.2) is 5.78 Å². The van der Waals surface area contributed by atoms with Gasteiger partial charge in [-0.05, 0) is 49.8 Å². The minimum atomic E-state index is -1.30. The Morgan fingerprint density at radius 3 is 2.56 bits per heavy atom. The van der Waals surface area contributed by atoms with Gasteiger partial charge >= 0.3 is 5.97 Å². The third-order valence-electron chi connectivity index (χ3n) is 5.69. The highest BCUT2D eigenvalue weighted by Crippen LogP contribution is 2.46. The zero-order chi connectivity index (χ0) is 20.0. The summed E-state index contributed by atoms with van der Waals surface area (Å²) in [5.41, 5.74) is 0.124. The normalized spacial score (nSPS) is 19.9. The summed E-state index contributed by atoms with van der Waals surface area (Å²) in [5, 5.41) is 0. The van der Waals surface area contributed by atoms with Crippen LogP contribution in [0, 0.1) is 11.3 Å². The van der Waals surface area contributed by atoms with E-state index in [2.05, 4.69) is 6.92 Å². The molecule has 1 aromatic carbocycles. The quantitative estimate of drug-likeness (QED) is 0.369. The Labute approximate surface area is 161 Å². The number of hydrogen-bond donors (Lipinski definition) is 0. The van der Waals surface area contributed by atoms with Crippen molar-refractivity contribution in [2.75, 3.05) is 14.2 Å². The molecule has 27 heavy (non-hydrogen) atoms. The maximum atomic E-state index is 13.6. The van der Waals surface area contributed by atoms with Gasteiger partial charge in [-0.2, -0.15) is 0 Å². The summed E-state index contributed by atoms with van der Waals surface area (Å²) in [7, 11) is 2.86. The largest absolute Gasteiger partial charge is 0.497 e. The smallest absolute Gasteiger partial charge is 0.320 e. The van der Waals surface area contributed by atoms with Crippen molar-refractivity contribution in [3.8, 4) is 5.75 Å². The van der Waals surface area contributed by atoms with E-state index in [0.717, 1.165) is 24.8 Å². The van der Waals surface area contributed by atoms with E-state index in [1.807, 2.05) is 12.1 Å². The van der Waals surface area contributed by atoms with Crippen LogP contribution in [0.4, 0.5) is 0 Å². The van der Waals surface area contributed by atoms with Gasteiger partial charge in [0.2, 0.25) is 0 Å². The second-order valence-electron chi connectivity index (χ2n) is 7.41. The fourth-order valence-corrected chi connectivity index (χ4v) is 4.24. The van der Waals surface area contributed by atoms with Crippen molar-refractivity contribution in [3.05, 3.63) is 29.3 Å². The van der Waals surface area contributed by atoms with E-state index >= 15 is 0 Å². The van der Waals surface area contributed by atoms with Gasteiger partial charge in [0.05, 0.1) is 14.2 Å². The summed E-state index contributed by atoms with van der Waals surface area (Å²) in [6.07, 6.45) is 4.77. The lowest BCUT2D eigenvalue weighted by Gasteiger charge is -2.40. The van der Waals surface area contributed by atoms with Gasteiger partial charge in [-0.3, -0.25) is 9.59 Å². The number of Topliss-reactive ketones (excluding diaryl/α,β-unsaturated/α-hetero) is 2. The lowest BCUT2D eigenvalue weighted by atomic mass is 9.61. The van der Waals surface area contributed by atoms with E-state index in [0.29, 0.717) is 30.6 Å². The fourth-order valence-electron chi connectivity index (χ4n) is 4.24. The molecule has 1 aromatic rings. The Kier molecular flexibility index (Phi) is 7.17. The molecule has 5 nitrogen and oxygen atoms in total. The summed E-state index contributed by atoms with van der Waals surface area (Å²) in [4.78, 5) is 38.5. The third-order valence-corrected chi connectivity index (χ3v) is 5.69. The molecule has 0 unspecified atom stereocenters. The summed E-state index contributed by atoms with van der Waals surface area (Å²) in [6, 6.07) is 5.40. The minimum absolute atomic E-state index is 0.0102. The predicted molar refractivity (Wildman–Crippen MR) is 103 cm³/mol. The van der Waals surface area contributed by atoms with Crippen LogP contribution in [0.5, 0.6) is 5.75 Å². The van der Waals surface area contributed by atoms with E-state index in [1.54, 1.807) is 13.2 Å². The Morgan fingerprint density at radius 1 is 1.22 bits per heavy atom. The number of ketones is 2. The van der Waals surface area contributed by atoms with Crippen LogP contribution in [0.2, 0.25) is 0 Å². The van der Waals surface area contributed by atoms with Gasteiger partial charge in [-0.1, -0.05) is 32.3 Å². The first kappa shape index (κ1) is 21.1. The van der Waals surface area contributed by atoms with Crippen LogP contribution < -0.4 is 4.74 Å². The molecule has 0 amide bonds. The molecule has 0 saturated heterocycles. The molecule has 0 spiro atoms. The van der Waals surface area contributed by atoms with E-state index in [9.17, 15) is 14.4 Å². The molecule has 0 N–H and O–H groups in total. The van der Waals surface area contributed by atoms with Crippen molar-refractivity contribution in [1.29, 1.82) is 0 Å². The Hall–Kier alpha value is -2.17. The number of ether oxygens (including phenoxy) is 2. The van der Waals surface area contributed by atoms with Crippen molar-refractivity contribution in [3.63, 3.8) is 0 Å². The monoisotopic (exact) mass is 374 g/mol. The molecule has 0 saturated carbocycles. The first-order chi connectivity index (χ1) is 12.9. The zero-order valence-electron chi connectivity index (χ0n) is 16.8. The summed E-state index contributed by atoms with van der Waals surface area (Å²) < 4.78 is 10.4. The van der Waals surface area contributed by atoms with Gasteiger partial charge in [-0.25, -0.2) is 0 Å². The topological polar surface area (TPSA) is 69.7 Å². The molecule has 0 radical (unpaired) electrons. The molecular formula is C22H30O5. The highest BCUT2D eigenvalue weighted by atomic mass is 16.5. The van der Waals surface area contributed by atoms with Gasteiger partial charge < -0.3 is 14.3 Å². The minimum Gasteiger partial charge on any atom is -0.497 e. The first-order valence-corrected chi connectivity index (χ1v) is 9.70. The number of esters is 1. The fraction of sp³-hybridized carbons (Fsp3) is 0.591. The molecule has 1 aliphatic carbocycles. The van der Waals surface area contributed by atoms with Crippen LogP contribution in [0.25, 0.3) is 0 Å². The Balaban J connectivity index is 2.52. The number of benzene rings is 1. The molecule has 0 aromatic heterocycles. The van der Waals surface area contributed by atoms with Gasteiger partial charge in [0.25, 0.3) is 0 Å². The number of hydrogen-bond acceptors (Lipinski definition) is 5. The van der Waals surface area contributed by atoms with E-state index < -0.39 is 11.4 Å². The number of methoxy groups -OCH3 is 2. The molecule has 1 aliphatic rings. The molecule has 2 atom stereocenters. The van der Waals surface area contributed by atoms with Crippen LogP contribution in [-0.2, 0) is 20.7 Å². The number of carbonyl (C=O) groups is 3. The van der Waals surface area contributed by atoms with Crippen molar-refractivity contribution >= 4 is 17.5 Å². The lowest BCUT2D eigenvalue weighted by Crippen LogP contribution is -2.49. The molecule has 0 aliphatic heterocycles. The maximum absolute atomic E-state index is 13.6. The molecule has 2 rings (SSSR count). The van der Waals surface area contributed by atoms with Gasteiger partial charge in [-0.15, -0.1) is 0 Å². The van der Waals surface area contributed by atoms with Crippen molar-refractivity contribution in [2.45, 2.75) is 58.8 Å². The number of fused-ring (bicyclic) bond motifs is 1. The highest BCUT2D eigenvalue weighted by Gasteiger charge is 2.54. The van der Waals surface area contributed by atoms with Crippen molar-refractivity contribution in [2.24, 2.45) is 11.3 Å². The molecule has 5 heteroatoms. The van der Waals surface area contributed by atoms with Crippen LogP contribution in [0.15, 0.2) is 18.2 Å². The number of aryl methyl sites for hydroxylation is 1. The number of unbranched alkanes of at least 4 members (excludes halogenated alkanes) is 2. The third kappa shape index (κ3) is 4.23. The molecular weight excluding hydrogens is 344 g/mol. The first-order valence-electron chi connectivity index (χ1n) is 9.70. The molecule has 0 bridgehead atoms. The highest BCUT2D eigenvalue weighted by molar-refractivity contribution is 6.14. The van der Waals surface area contributed by atoms with Crippen LogP contribution >= 0.6 is 0 Å². The van der Waals surface area contributed by atoms with Crippen LogP contribution in [0.3, 0.4) is 0 Å². The zero-order valence-corrected chi connectivity index (χ0v) is 16.8. The van der Waals surface area contributed by atoms with E-state index in [4.69, 9.17) is 9.47 Å². The SMILES string of the molecule is CCCCC[C@@H](CC(C)=O)[C@@]1(C(=O)OC)CCc2ccc(OC)cc2C1=O. The van der Waals surface area contributed by atoms with E-state index in [1.165, 1.54) is 14.0 Å². The summed E-state index contributed by atoms with van der Waals surface area (Å²) in [5.74, 6) is -0.539. The van der Waals surface area contributed by atoms with Gasteiger partial charge in [0.1, 0.15) is 16.9 Å². The predicted octanol–water partition coefficient (Wildman–Crippen LogP) is 4.16. The van der Waals surface area contributed by atoms with Gasteiger partial charge in [0, 0.05) is 12.0 Å². The average molecular weight is 374 g/mol. The second kappa shape index (κ2) is 9.16. The summed E-state index contributed by atoms with van der Waals surface area (Å²) >= 11 is 0. The average Bonchev–Trinajstić information content (AvgIpc) is 2.67. The standard InChI is InChI=1S/C22H30O5/c1-5-6-7-8-17(13-15(2)23)22(21(25)27-4)12-11-16-9-10-18(26-3)14-19(16)20(22)24/h9-10,14,17H,5-8,11-13H2,1-4H3/t17-,22-/m0/s1. The number of rotatable bonds is 9. The number of carbonyl (C=O) groups excluding carboxylic acids is 3. The van der Waals surface area contributed by atoms with E-state index in [-0.39, 0.29) is 23.9 Å². The van der Waals surface area contributed by atoms with Crippen LogP contribution in [0.1, 0.15) is 68.3 Å². The Morgan fingerprint density at radius 2 is 1.96 bits per heavy atom. The summed E-state index contributed by atoms with van der Waals surface area (Å²) in [6.45, 7) is 3.62.